The molecular formula is C8H18AlLiO2. The van der Waals surface area contributed by atoms with Crippen molar-refractivity contribution in [3.8, 4) is 0 Å². The van der Waals surface area contributed by atoms with Crippen LogP contribution in [-0.2, 0) is 7.58 Å². The molecule has 0 aliphatic carbocycles. The van der Waals surface area contributed by atoms with Crippen LogP contribution in [0.3, 0.4) is 0 Å². The van der Waals surface area contributed by atoms with Crippen molar-refractivity contribution >= 4 is 15.9 Å². The Morgan fingerprint density at radius 1 is 0.750 bits per heavy atom. The second kappa shape index (κ2) is 5.71. The molecule has 4 heteroatoms. The van der Waals surface area contributed by atoms with E-state index >= 15 is 0 Å². The van der Waals surface area contributed by atoms with Gasteiger partial charge >= 0.3 is 18.9 Å². The molecule has 0 aliphatic rings. The van der Waals surface area contributed by atoms with E-state index in [1.807, 2.05) is 41.5 Å². The maximum atomic E-state index is 5.47. The van der Waals surface area contributed by atoms with Gasteiger partial charge in [0.15, 0.2) is 0 Å². The molecule has 2 radical (unpaired) electrons. The zero-order valence-corrected chi connectivity index (χ0v) is 10.5. The summed E-state index contributed by atoms with van der Waals surface area (Å²) in [5.74, 6) is 0. The van der Waals surface area contributed by atoms with Crippen LogP contribution in [0.1, 0.15) is 41.5 Å². The largest absolute Gasteiger partial charge is 1.00 e. The van der Waals surface area contributed by atoms with Gasteiger partial charge in [-0.15, -0.1) is 0 Å². The molecule has 0 saturated heterocycles. The molecule has 0 aromatic carbocycles. The van der Waals surface area contributed by atoms with Gasteiger partial charge in [-0.1, -0.05) is 0 Å². The van der Waals surface area contributed by atoms with Gasteiger partial charge in [0.1, 0.15) is 15.9 Å². The molecule has 66 valence electrons. The van der Waals surface area contributed by atoms with Crippen molar-refractivity contribution in [3.05, 3.63) is 0 Å². The summed E-state index contributed by atoms with van der Waals surface area (Å²) in [7, 11) is 0. The van der Waals surface area contributed by atoms with Gasteiger partial charge in [0, 0.05) is 0 Å². The molecule has 0 spiro atoms. The van der Waals surface area contributed by atoms with Crippen molar-refractivity contribution < 1.29 is 26.4 Å². The molecule has 0 amide bonds. The molecule has 0 saturated carbocycles. The summed E-state index contributed by atoms with van der Waals surface area (Å²) in [4.78, 5) is 0. The predicted octanol–water partition coefficient (Wildman–Crippen LogP) is -0.845. The van der Waals surface area contributed by atoms with E-state index in [0.29, 0.717) is 0 Å². The molecule has 0 fully saturated rings. The van der Waals surface area contributed by atoms with Crippen LogP contribution < -0.4 is 18.9 Å². The molecule has 0 heterocycles. The Morgan fingerprint density at radius 2 is 1.00 bits per heavy atom. The minimum atomic E-state index is -0.331. The maximum absolute atomic E-state index is 5.47. The first-order valence-corrected chi connectivity index (χ1v) is 4.82. The Bertz CT molecular complexity index is 101. The summed E-state index contributed by atoms with van der Waals surface area (Å²) in [6.07, 6.45) is 0. The molecule has 0 aromatic rings. The third-order valence-electron chi connectivity index (χ3n) is 0.803. The summed E-state index contributed by atoms with van der Waals surface area (Å²) < 4.78 is 10.9. The van der Waals surface area contributed by atoms with E-state index in [1.165, 1.54) is 0 Å². The van der Waals surface area contributed by atoms with Gasteiger partial charge in [-0.05, 0) is 52.7 Å². The fraction of sp³-hybridized carbons (Fsp3) is 1.00. The van der Waals surface area contributed by atoms with Gasteiger partial charge < -0.3 is 7.58 Å². The van der Waals surface area contributed by atoms with Crippen molar-refractivity contribution in [2.24, 2.45) is 0 Å². The van der Waals surface area contributed by atoms with Crippen LogP contribution in [0.2, 0.25) is 0 Å². The van der Waals surface area contributed by atoms with Crippen LogP contribution in [0.15, 0.2) is 0 Å². The minimum Gasteiger partial charge on any atom is -0.675 e. The fourth-order valence-corrected chi connectivity index (χ4v) is 0.938. The Morgan fingerprint density at radius 3 is 1.17 bits per heavy atom. The Balaban J connectivity index is 0. The zero-order chi connectivity index (χ0) is 9.12. The number of rotatable bonds is 2. The third kappa shape index (κ3) is 13.6. The zero-order valence-electron chi connectivity index (χ0n) is 9.39. The molecule has 0 unspecified atom stereocenters. The van der Waals surface area contributed by atoms with Crippen LogP contribution in [0.25, 0.3) is 0 Å². The predicted molar refractivity (Wildman–Crippen MR) is 47.4 cm³/mol. The van der Waals surface area contributed by atoms with Gasteiger partial charge in [0.05, 0.1) is 0 Å². The number of hydrogen-bond acceptors (Lipinski definition) is 2. The minimum absolute atomic E-state index is 0. The van der Waals surface area contributed by atoms with E-state index in [2.05, 4.69) is 0 Å². The SMILES string of the molecule is CC(C)(C)[O][Al-][O]C(C)(C)C.[Li+]. The van der Waals surface area contributed by atoms with Crippen LogP contribution >= 0.6 is 0 Å². The topological polar surface area (TPSA) is 18.5 Å². The average molecular weight is 180 g/mol. The van der Waals surface area contributed by atoms with Gasteiger partial charge in [-0.25, -0.2) is 0 Å². The molecule has 0 bridgehead atoms. The summed E-state index contributed by atoms with van der Waals surface area (Å²) >= 11 is -0.331. The van der Waals surface area contributed by atoms with Crippen LogP contribution in [0.5, 0.6) is 0 Å². The van der Waals surface area contributed by atoms with Crippen LogP contribution in [0.4, 0.5) is 0 Å². The van der Waals surface area contributed by atoms with Crippen LogP contribution in [-0.4, -0.2) is 27.1 Å². The van der Waals surface area contributed by atoms with Crippen molar-refractivity contribution in [2.45, 2.75) is 52.7 Å². The van der Waals surface area contributed by atoms with E-state index < -0.39 is 0 Å². The average Bonchev–Trinajstić information content (AvgIpc) is 1.55. The molecule has 0 N–H and O–H groups in total. The van der Waals surface area contributed by atoms with Crippen molar-refractivity contribution in [1.29, 1.82) is 0 Å². The first-order chi connectivity index (χ1) is 4.71. The van der Waals surface area contributed by atoms with E-state index in [4.69, 9.17) is 7.58 Å². The first-order valence-electron chi connectivity index (χ1n) is 3.88. The van der Waals surface area contributed by atoms with Gasteiger partial charge in [0.25, 0.3) is 0 Å². The first kappa shape index (κ1) is 15.5. The summed E-state index contributed by atoms with van der Waals surface area (Å²) in [5.41, 5.74) is -0.138. The Kier molecular flexibility index (Phi) is 7.39. The van der Waals surface area contributed by atoms with Crippen molar-refractivity contribution in [2.75, 3.05) is 0 Å². The van der Waals surface area contributed by atoms with Crippen LogP contribution in [0, 0.1) is 0 Å². The molecule has 0 aromatic heterocycles. The van der Waals surface area contributed by atoms with Crippen molar-refractivity contribution in [3.63, 3.8) is 0 Å². The van der Waals surface area contributed by atoms with E-state index in [-0.39, 0.29) is 45.9 Å². The quantitative estimate of drug-likeness (QED) is 0.516. The molecular weight excluding hydrogens is 162 g/mol. The standard InChI is InChI=1S/2C4H9O.Al.Li/c2*1-4(2,3)5;;/h2*1-3H3;;/q2*-1;2*+1. The van der Waals surface area contributed by atoms with Gasteiger partial charge in [-0.3, -0.25) is 0 Å². The summed E-state index contributed by atoms with van der Waals surface area (Å²) in [5, 5.41) is 0. The molecule has 0 atom stereocenters. The van der Waals surface area contributed by atoms with E-state index in [9.17, 15) is 0 Å². The molecule has 0 rings (SSSR count). The number of hydrogen-bond donors (Lipinski definition) is 0. The smallest absolute Gasteiger partial charge is 0.675 e. The normalized spacial score (nSPS) is 12.5. The Hall–Kier alpha value is 1.05. The monoisotopic (exact) mass is 180 g/mol. The van der Waals surface area contributed by atoms with Gasteiger partial charge in [-0.2, -0.15) is 0 Å². The molecule has 2 nitrogen and oxygen atoms in total. The second-order valence-electron chi connectivity index (χ2n) is 4.56. The third-order valence-corrected chi connectivity index (χ3v) is 2.41. The Labute approximate surface area is 94.9 Å². The van der Waals surface area contributed by atoms with Gasteiger partial charge in [0.2, 0.25) is 0 Å². The second-order valence-corrected chi connectivity index (χ2v) is 5.22. The molecule has 0 aliphatic heterocycles. The fourth-order valence-electron chi connectivity index (χ4n) is 0.313. The summed E-state index contributed by atoms with van der Waals surface area (Å²) in [6.45, 7) is 12.2. The van der Waals surface area contributed by atoms with E-state index in [0.717, 1.165) is 0 Å². The molecule has 12 heavy (non-hydrogen) atoms. The summed E-state index contributed by atoms with van der Waals surface area (Å²) in [6, 6.07) is 0. The maximum Gasteiger partial charge on any atom is 1.00 e. The van der Waals surface area contributed by atoms with E-state index in [1.54, 1.807) is 0 Å². The van der Waals surface area contributed by atoms with Crippen molar-refractivity contribution in [1.82, 2.24) is 0 Å².